The number of nitrogens with zero attached hydrogens (tertiary/aromatic N) is 3. The second kappa shape index (κ2) is 6.53. The zero-order valence-electron chi connectivity index (χ0n) is 14.0. The number of para-hydroxylation sites is 1. The number of aromatic nitrogens is 2. The van der Waals surface area contributed by atoms with Gasteiger partial charge in [-0.3, -0.25) is 4.79 Å². The summed E-state index contributed by atoms with van der Waals surface area (Å²) in [5, 5.41) is 0.925. The molecule has 1 saturated heterocycles. The van der Waals surface area contributed by atoms with Crippen LogP contribution in [0.1, 0.15) is 16.1 Å². The zero-order chi connectivity index (χ0) is 19.0. The molecule has 0 bridgehead atoms. The summed E-state index contributed by atoms with van der Waals surface area (Å²) in [7, 11) is 0. The molecule has 8 heteroatoms. The Morgan fingerprint density at radius 2 is 1.85 bits per heavy atom. The van der Waals surface area contributed by atoms with E-state index >= 15 is 0 Å². The molecule has 0 radical (unpaired) electrons. The van der Waals surface area contributed by atoms with Crippen LogP contribution in [0.2, 0.25) is 0 Å². The van der Waals surface area contributed by atoms with Crippen LogP contribution in [-0.4, -0.2) is 40.0 Å². The first-order valence-electron chi connectivity index (χ1n) is 8.26. The van der Waals surface area contributed by atoms with E-state index in [1.54, 1.807) is 6.07 Å². The molecule has 0 unspecified atom stereocenters. The standard InChI is InChI=1S/C19H14F3N3O2/c20-19(21,22)14-5-3-9-23-17(14)27-13-10-25(11-13)18(26)16-8-7-12-4-1-2-6-15(12)24-16/h1-9,13H,10-11H2. The molecule has 1 aliphatic heterocycles. The summed E-state index contributed by atoms with van der Waals surface area (Å²) in [6, 6.07) is 13.0. The lowest BCUT2D eigenvalue weighted by Crippen LogP contribution is -2.56. The van der Waals surface area contributed by atoms with Crippen molar-refractivity contribution in [2.75, 3.05) is 13.1 Å². The van der Waals surface area contributed by atoms with Gasteiger partial charge in [-0.05, 0) is 24.3 Å². The Morgan fingerprint density at radius 3 is 2.63 bits per heavy atom. The van der Waals surface area contributed by atoms with E-state index < -0.39 is 23.7 Å². The predicted octanol–water partition coefficient (Wildman–Crippen LogP) is 3.55. The molecule has 138 valence electrons. The van der Waals surface area contributed by atoms with E-state index in [4.69, 9.17) is 4.74 Å². The van der Waals surface area contributed by atoms with E-state index in [2.05, 4.69) is 9.97 Å². The fraction of sp³-hybridized carbons (Fsp3) is 0.211. The third kappa shape index (κ3) is 3.42. The molecule has 1 aliphatic rings. The second-order valence-electron chi connectivity index (χ2n) is 6.19. The molecule has 4 rings (SSSR count). The Bertz CT molecular complexity index is 1000. The summed E-state index contributed by atoms with van der Waals surface area (Å²) < 4.78 is 44.3. The third-order valence-corrected chi connectivity index (χ3v) is 4.31. The summed E-state index contributed by atoms with van der Waals surface area (Å²) >= 11 is 0. The Kier molecular flexibility index (Phi) is 4.18. The van der Waals surface area contributed by atoms with Gasteiger partial charge in [0, 0.05) is 11.6 Å². The van der Waals surface area contributed by atoms with Crippen LogP contribution in [0.3, 0.4) is 0 Å². The number of hydrogen-bond acceptors (Lipinski definition) is 4. The number of hydrogen-bond donors (Lipinski definition) is 0. The van der Waals surface area contributed by atoms with Gasteiger partial charge in [0.1, 0.15) is 17.4 Å². The smallest absolute Gasteiger partial charge is 0.421 e. The van der Waals surface area contributed by atoms with Crippen LogP contribution in [0.4, 0.5) is 13.2 Å². The lowest BCUT2D eigenvalue weighted by atomic mass is 10.1. The minimum Gasteiger partial charge on any atom is -0.470 e. The maximum atomic E-state index is 13.0. The van der Waals surface area contributed by atoms with Gasteiger partial charge in [-0.25, -0.2) is 9.97 Å². The van der Waals surface area contributed by atoms with E-state index in [0.717, 1.165) is 11.5 Å². The number of amides is 1. The molecule has 3 heterocycles. The third-order valence-electron chi connectivity index (χ3n) is 4.31. The summed E-state index contributed by atoms with van der Waals surface area (Å²) in [5.74, 6) is -0.747. The number of carbonyl (C=O) groups is 1. The van der Waals surface area contributed by atoms with Crippen molar-refractivity contribution in [3.8, 4) is 5.88 Å². The Balaban J connectivity index is 1.43. The molecule has 0 saturated carbocycles. The average Bonchev–Trinajstić information content (AvgIpc) is 2.63. The SMILES string of the molecule is O=C(c1ccc2ccccc2n1)N1CC(Oc2ncccc2C(F)(F)F)C1. The zero-order valence-corrected chi connectivity index (χ0v) is 14.0. The molecule has 27 heavy (non-hydrogen) atoms. The normalized spacial score (nSPS) is 14.9. The van der Waals surface area contributed by atoms with Crippen molar-refractivity contribution in [2.45, 2.75) is 12.3 Å². The summed E-state index contributed by atoms with van der Waals surface area (Å²) in [4.78, 5) is 22.0. The van der Waals surface area contributed by atoms with Gasteiger partial charge < -0.3 is 9.64 Å². The summed E-state index contributed by atoms with van der Waals surface area (Å²) in [6.07, 6.45) is -3.84. The van der Waals surface area contributed by atoms with E-state index in [1.807, 2.05) is 30.3 Å². The molecule has 0 aliphatic carbocycles. The number of likely N-dealkylation sites (tertiary alicyclic amines) is 1. The molecule has 1 aromatic carbocycles. The highest BCUT2D eigenvalue weighted by atomic mass is 19.4. The maximum absolute atomic E-state index is 13.0. The molecule has 5 nitrogen and oxygen atoms in total. The number of halogens is 3. The Labute approximate surface area is 152 Å². The first-order chi connectivity index (χ1) is 12.9. The van der Waals surface area contributed by atoms with Crippen molar-refractivity contribution >= 4 is 16.8 Å². The van der Waals surface area contributed by atoms with Crippen LogP contribution in [0.5, 0.6) is 5.88 Å². The van der Waals surface area contributed by atoms with Crippen LogP contribution in [0.15, 0.2) is 54.7 Å². The summed E-state index contributed by atoms with van der Waals surface area (Å²) in [6.45, 7) is 0.364. The number of carbonyl (C=O) groups excluding carboxylic acids is 1. The van der Waals surface area contributed by atoms with Gasteiger partial charge in [0.15, 0.2) is 0 Å². The van der Waals surface area contributed by atoms with Gasteiger partial charge in [0.25, 0.3) is 5.91 Å². The van der Waals surface area contributed by atoms with Crippen LogP contribution in [0, 0.1) is 0 Å². The maximum Gasteiger partial charge on any atom is 0.421 e. The molecule has 1 amide bonds. The lowest BCUT2D eigenvalue weighted by Gasteiger charge is -2.38. The highest BCUT2D eigenvalue weighted by Crippen LogP contribution is 2.35. The number of ether oxygens (including phenoxy) is 1. The van der Waals surface area contributed by atoms with Crippen molar-refractivity contribution in [1.82, 2.24) is 14.9 Å². The van der Waals surface area contributed by atoms with E-state index in [0.29, 0.717) is 11.2 Å². The lowest BCUT2D eigenvalue weighted by molar-refractivity contribution is -0.140. The summed E-state index contributed by atoms with van der Waals surface area (Å²) in [5.41, 5.74) is 0.0758. The minimum absolute atomic E-state index is 0.182. The van der Waals surface area contributed by atoms with Crippen molar-refractivity contribution in [1.29, 1.82) is 0 Å². The van der Waals surface area contributed by atoms with Crippen LogP contribution in [0.25, 0.3) is 10.9 Å². The number of pyridine rings is 2. The van der Waals surface area contributed by atoms with E-state index in [9.17, 15) is 18.0 Å². The van der Waals surface area contributed by atoms with Crippen molar-refractivity contribution < 1.29 is 22.7 Å². The molecule has 0 spiro atoms. The van der Waals surface area contributed by atoms with Crippen molar-refractivity contribution in [2.24, 2.45) is 0 Å². The Morgan fingerprint density at radius 1 is 1.07 bits per heavy atom. The molecule has 3 aromatic rings. The van der Waals surface area contributed by atoms with Gasteiger partial charge >= 0.3 is 6.18 Å². The van der Waals surface area contributed by atoms with Crippen LogP contribution < -0.4 is 4.74 Å². The van der Waals surface area contributed by atoms with Crippen molar-refractivity contribution in [3.05, 3.63) is 66.0 Å². The quantitative estimate of drug-likeness (QED) is 0.705. The molecular formula is C19H14F3N3O2. The largest absolute Gasteiger partial charge is 0.470 e. The molecular weight excluding hydrogens is 359 g/mol. The molecule has 0 atom stereocenters. The molecule has 0 N–H and O–H groups in total. The Hall–Kier alpha value is -3.16. The van der Waals surface area contributed by atoms with Gasteiger partial charge in [-0.2, -0.15) is 13.2 Å². The number of benzene rings is 1. The topological polar surface area (TPSA) is 55.3 Å². The highest BCUT2D eigenvalue weighted by molar-refractivity contribution is 5.95. The second-order valence-corrected chi connectivity index (χ2v) is 6.19. The first kappa shape index (κ1) is 17.3. The van der Waals surface area contributed by atoms with Gasteiger partial charge in [-0.1, -0.05) is 24.3 Å². The fourth-order valence-electron chi connectivity index (χ4n) is 2.88. The van der Waals surface area contributed by atoms with Crippen LogP contribution in [-0.2, 0) is 6.18 Å². The highest BCUT2D eigenvalue weighted by Gasteiger charge is 2.38. The van der Waals surface area contributed by atoms with Gasteiger partial charge in [0.05, 0.1) is 18.6 Å². The van der Waals surface area contributed by atoms with E-state index in [1.165, 1.54) is 17.2 Å². The predicted molar refractivity (Wildman–Crippen MR) is 91.3 cm³/mol. The minimum atomic E-state index is -4.54. The number of rotatable bonds is 3. The first-order valence-corrected chi connectivity index (χ1v) is 8.26. The van der Waals surface area contributed by atoms with Crippen molar-refractivity contribution in [3.63, 3.8) is 0 Å². The molecule has 1 fully saturated rings. The van der Waals surface area contributed by atoms with Gasteiger partial charge in [0.2, 0.25) is 5.88 Å². The average molecular weight is 373 g/mol. The number of fused-ring (bicyclic) bond motifs is 1. The fourth-order valence-corrected chi connectivity index (χ4v) is 2.88. The number of alkyl halides is 3. The van der Waals surface area contributed by atoms with Gasteiger partial charge in [-0.15, -0.1) is 0 Å². The van der Waals surface area contributed by atoms with E-state index in [-0.39, 0.29) is 19.0 Å². The monoisotopic (exact) mass is 373 g/mol. The molecule has 2 aromatic heterocycles. The van der Waals surface area contributed by atoms with Crippen LogP contribution >= 0.6 is 0 Å².